The normalized spacial score (nSPS) is 21.2. The molecule has 0 bridgehead atoms. The highest BCUT2D eigenvalue weighted by atomic mass is 35.5. The third kappa shape index (κ3) is 8.50. The van der Waals surface area contributed by atoms with Crippen molar-refractivity contribution in [3.8, 4) is 0 Å². The van der Waals surface area contributed by atoms with Crippen LogP contribution in [0.4, 0.5) is 10.2 Å². The van der Waals surface area contributed by atoms with Crippen LogP contribution in [0.1, 0.15) is 73.6 Å². The van der Waals surface area contributed by atoms with Gasteiger partial charge in [-0.2, -0.15) is 0 Å². The average molecular weight is 690 g/mol. The zero-order valence-corrected chi connectivity index (χ0v) is 31.9. The predicted molar refractivity (Wildman–Crippen MR) is 190 cm³/mol. The van der Waals surface area contributed by atoms with E-state index >= 15 is 4.39 Å². The maximum Gasteiger partial charge on any atom is 0.208 e. The first-order chi connectivity index (χ1) is 20.8. The Labute approximate surface area is 279 Å². The van der Waals surface area contributed by atoms with Crippen LogP contribution in [0.5, 0.6) is 0 Å². The Hall–Kier alpha value is -1.96. The number of carbonyl (C=O) groups excluding carboxylic acids is 1. The maximum absolute atomic E-state index is 16.5. The minimum Gasteiger partial charge on any atom is -0.416 e. The largest absolute Gasteiger partial charge is 0.416 e. The summed E-state index contributed by atoms with van der Waals surface area (Å²) in [5.41, 5.74) is 1.40. The van der Waals surface area contributed by atoms with Crippen molar-refractivity contribution in [2.45, 2.75) is 109 Å². The van der Waals surface area contributed by atoms with Crippen LogP contribution < -0.4 is 5.32 Å². The fourth-order valence-corrected chi connectivity index (χ4v) is 8.58. The molecule has 2 unspecified atom stereocenters. The van der Waals surface area contributed by atoms with Gasteiger partial charge in [-0.1, -0.05) is 65.3 Å². The lowest BCUT2D eigenvalue weighted by molar-refractivity contribution is 0.0551. The molecule has 246 valence electrons. The Balaban J connectivity index is 1.55. The maximum atomic E-state index is 16.5. The molecule has 1 fully saturated rings. The molecule has 4 atom stereocenters. The van der Waals surface area contributed by atoms with E-state index in [1.165, 1.54) is 23.9 Å². The molecule has 0 amide bonds. The van der Waals surface area contributed by atoms with Crippen LogP contribution in [0.25, 0.3) is 0 Å². The summed E-state index contributed by atoms with van der Waals surface area (Å²) >= 11 is 7.59. The van der Waals surface area contributed by atoms with Gasteiger partial charge in [-0.25, -0.2) is 14.4 Å². The van der Waals surface area contributed by atoms with Gasteiger partial charge in [-0.05, 0) is 72.5 Å². The van der Waals surface area contributed by atoms with Crippen molar-refractivity contribution >= 4 is 51.2 Å². The van der Waals surface area contributed by atoms with Crippen molar-refractivity contribution in [2.75, 3.05) is 11.9 Å². The van der Waals surface area contributed by atoms with Crippen LogP contribution in [-0.2, 0) is 15.3 Å². The fourth-order valence-electron chi connectivity index (χ4n) is 4.95. The van der Waals surface area contributed by atoms with E-state index in [2.05, 4.69) is 83.0 Å². The van der Waals surface area contributed by atoms with Crippen LogP contribution >= 0.6 is 22.9 Å². The SMILES string of the molecule is CC(C)(C)[Si](C)(C)OCC1C[C@@H](Nc2ncncc2C(=O)c2ccc(Cc3cccc(Cl)c3)s2)[C@@H](F)C1O[Si](C)(C)C(C)(C)C. The topological polar surface area (TPSA) is 73.3 Å². The number of carbonyl (C=O) groups is 1. The van der Waals surface area contributed by atoms with Crippen molar-refractivity contribution < 1.29 is 18.0 Å². The van der Waals surface area contributed by atoms with E-state index in [0.29, 0.717) is 40.7 Å². The summed E-state index contributed by atoms with van der Waals surface area (Å²) in [5.74, 6) is 0.0123. The third-order valence-corrected chi connectivity index (χ3v) is 20.1. The lowest BCUT2D eigenvalue weighted by Gasteiger charge is -2.41. The molecule has 1 N–H and O–H groups in total. The molecule has 1 aliphatic rings. The van der Waals surface area contributed by atoms with Crippen LogP contribution in [0.2, 0.25) is 41.3 Å². The molecule has 1 saturated carbocycles. The Morgan fingerprint density at radius 1 is 1.07 bits per heavy atom. The van der Waals surface area contributed by atoms with Crippen molar-refractivity contribution in [1.82, 2.24) is 9.97 Å². The molecule has 0 saturated heterocycles. The van der Waals surface area contributed by atoms with Crippen LogP contribution in [0.3, 0.4) is 0 Å². The number of benzene rings is 1. The van der Waals surface area contributed by atoms with Gasteiger partial charge in [0.05, 0.1) is 22.6 Å². The second-order valence-electron chi connectivity index (χ2n) is 15.3. The van der Waals surface area contributed by atoms with Crippen LogP contribution in [0.15, 0.2) is 48.9 Å². The number of ketones is 1. The smallest absolute Gasteiger partial charge is 0.208 e. The number of hydrogen-bond donors (Lipinski definition) is 1. The van der Waals surface area contributed by atoms with Gasteiger partial charge in [-0.3, -0.25) is 4.79 Å². The fraction of sp³-hybridized carbons (Fsp3) is 0.559. The number of aromatic nitrogens is 2. The summed E-state index contributed by atoms with van der Waals surface area (Å²) in [4.78, 5) is 23.9. The molecule has 1 aromatic carbocycles. The number of rotatable bonds is 11. The third-order valence-electron chi connectivity index (χ3n) is 9.85. The summed E-state index contributed by atoms with van der Waals surface area (Å²) in [6, 6.07) is 10.9. The number of thiophene rings is 1. The molecular formula is C34H49ClFN3O3SSi2. The lowest BCUT2D eigenvalue weighted by Crippen LogP contribution is -2.49. The molecular weight excluding hydrogens is 641 g/mol. The van der Waals surface area contributed by atoms with Gasteiger partial charge in [-0.15, -0.1) is 11.3 Å². The number of alkyl halides is 1. The molecule has 2 heterocycles. The van der Waals surface area contributed by atoms with E-state index in [9.17, 15) is 4.79 Å². The molecule has 2 aromatic heterocycles. The van der Waals surface area contributed by atoms with E-state index in [4.69, 9.17) is 20.5 Å². The highest BCUT2D eigenvalue weighted by Crippen LogP contribution is 2.44. The first kappa shape index (κ1) is 35.9. The zero-order valence-electron chi connectivity index (χ0n) is 28.3. The predicted octanol–water partition coefficient (Wildman–Crippen LogP) is 9.56. The average Bonchev–Trinajstić information content (AvgIpc) is 3.51. The molecule has 4 rings (SSSR count). The molecule has 1 aliphatic carbocycles. The van der Waals surface area contributed by atoms with Crippen LogP contribution in [-0.4, -0.2) is 57.3 Å². The highest BCUT2D eigenvalue weighted by Gasteiger charge is 2.51. The van der Waals surface area contributed by atoms with Crippen molar-refractivity contribution in [3.63, 3.8) is 0 Å². The van der Waals surface area contributed by atoms with E-state index in [0.717, 1.165) is 10.4 Å². The molecule has 0 spiro atoms. The Morgan fingerprint density at radius 3 is 2.40 bits per heavy atom. The minimum absolute atomic E-state index is 0.0418. The summed E-state index contributed by atoms with van der Waals surface area (Å²) in [6.07, 6.45) is 2.18. The molecule has 11 heteroatoms. The first-order valence-electron chi connectivity index (χ1n) is 15.7. The minimum atomic E-state index is -2.29. The standard InChI is InChI=1S/C34H49ClFN3O3SSi2/c1-33(2,3)44(7,8)41-20-23-18-27(29(36)31(23)42-45(9,10)34(4,5)6)39-32-26(19-37-21-38-32)30(40)28-15-14-25(43-28)17-22-12-11-13-24(35)16-22/h11-16,19,21,23,27,29,31H,17-18,20H2,1-10H3,(H,37,38,39)/t23?,27-,29-,31?/m1/s1. The second kappa shape index (κ2) is 13.6. The quantitative estimate of drug-likeness (QED) is 0.160. The summed E-state index contributed by atoms with van der Waals surface area (Å²) in [7, 11) is -4.35. The molecule has 0 radical (unpaired) electrons. The van der Waals surface area contributed by atoms with Gasteiger partial charge < -0.3 is 14.2 Å². The summed E-state index contributed by atoms with van der Waals surface area (Å²) in [6.45, 7) is 22.3. The van der Waals surface area contributed by atoms with Crippen molar-refractivity contribution in [3.05, 3.63) is 74.8 Å². The molecule has 45 heavy (non-hydrogen) atoms. The van der Waals surface area contributed by atoms with E-state index < -0.39 is 35.0 Å². The zero-order chi connectivity index (χ0) is 33.4. The Bertz CT molecular complexity index is 1490. The molecule has 6 nitrogen and oxygen atoms in total. The Kier molecular flexibility index (Phi) is 10.9. The number of nitrogens with zero attached hydrogens (tertiary/aromatic N) is 2. The number of nitrogens with one attached hydrogen (secondary N) is 1. The van der Waals surface area contributed by atoms with E-state index in [1.54, 1.807) is 0 Å². The van der Waals surface area contributed by atoms with Gasteiger partial charge in [0.25, 0.3) is 0 Å². The number of hydrogen-bond acceptors (Lipinski definition) is 7. The second-order valence-corrected chi connectivity index (χ2v) is 26.5. The number of anilines is 1. The van der Waals surface area contributed by atoms with Gasteiger partial charge >= 0.3 is 0 Å². The molecule has 3 aromatic rings. The molecule has 0 aliphatic heterocycles. The van der Waals surface area contributed by atoms with E-state index in [1.807, 2.05) is 36.4 Å². The van der Waals surface area contributed by atoms with Gasteiger partial charge in [0.1, 0.15) is 18.3 Å². The monoisotopic (exact) mass is 689 g/mol. The van der Waals surface area contributed by atoms with Crippen molar-refractivity contribution in [2.24, 2.45) is 5.92 Å². The van der Waals surface area contributed by atoms with Crippen LogP contribution in [0, 0.1) is 5.92 Å². The summed E-state index contributed by atoms with van der Waals surface area (Å²) in [5, 5.41) is 3.96. The Morgan fingerprint density at radius 2 is 1.76 bits per heavy atom. The van der Waals surface area contributed by atoms with Crippen molar-refractivity contribution in [1.29, 1.82) is 0 Å². The lowest BCUT2D eigenvalue weighted by atomic mass is 10.1. The highest BCUT2D eigenvalue weighted by molar-refractivity contribution is 7.14. The van der Waals surface area contributed by atoms with E-state index in [-0.39, 0.29) is 21.8 Å². The van der Waals surface area contributed by atoms with Gasteiger partial charge in [0.15, 0.2) is 16.6 Å². The van der Waals surface area contributed by atoms with Gasteiger partial charge in [0.2, 0.25) is 5.78 Å². The summed E-state index contributed by atoms with van der Waals surface area (Å²) < 4.78 is 29.9. The number of halogens is 2. The van der Waals surface area contributed by atoms with Gasteiger partial charge in [0, 0.05) is 35.0 Å². The first-order valence-corrected chi connectivity index (χ1v) is 22.7.